The molecule has 0 aliphatic heterocycles. The van der Waals surface area contributed by atoms with E-state index in [1.807, 2.05) is 10.9 Å². The van der Waals surface area contributed by atoms with Crippen molar-refractivity contribution in [2.75, 3.05) is 6.54 Å². The Bertz CT molecular complexity index is 267. The van der Waals surface area contributed by atoms with E-state index in [0.717, 1.165) is 5.56 Å². The molecule has 0 aromatic carbocycles. The lowest BCUT2D eigenvalue weighted by Gasteiger charge is -2.02. The maximum Gasteiger partial charge on any atom is 0.0942 e. The molecule has 1 fully saturated rings. The van der Waals surface area contributed by atoms with Gasteiger partial charge in [-0.3, -0.25) is 4.68 Å². The average molecular weight is 167 g/mol. The second-order valence-electron chi connectivity index (χ2n) is 3.24. The lowest BCUT2D eigenvalue weighted by molar-refractivity contribution is 0.186. The van der Waals surface area contributed by atoms with Crippen LogP contribution in [-0.4, -0.2) is 21.4 Å². The first kappa shape index (κ1) is 7.76. The van der Waals surface area contributed by atoms with Gasteiger partial charge in [-0.25, -0.2) is 0 Å². The molecular formula is C8H13N3O. The Morgan fingerprint density at radius 1 is 1.75 bits per heavy atom. The standard InChI is InChI=1S/C8H13N3O/c9-3-8(12)6-4-10-11(5-6)7-1-2-7/h4-5,7-8,12H,1-3,9H2. The van der Waals surface area contributed by atoms with Gasteiger partial charge in [0.15, 0.2) is 0 Å². The van der Waals surface area contributed by atoms with Crippen LogP contribution < -0.4 is 5.73 Å². The molecular weight excluding hydrogens is 154 g/mol. The third kappa shape index (κ3) is 1.35. The number of aromatic nitrogens is 2. The highest BCUT2D eigenvalue weighted by molar-refractivity contribution is 5.09. The zero-order valence-corrected chi connectivity index (χ0v) is 6.85. The van der Waals surface area contributed by atoms with Crippen LogP contribution in [0.3, 0.4) is 0 Å². The van der Waals surface area contributed by atoms with E-state index in [4.69, 9.17) is 5.73 Å². The lowest BCUT2D eigenvalue weighted by Crippen LogP contribution is -2.10. The van der Waals surface area contributed by atoms with Crippen molar-refractivity contribution in [1.82, 2.24) is 9.78 Å². The van der Waals surface area contributed by atoms with Gasteiger partial charge in [0.25, 0.3) is 0 Å². The Balaban J connectivity index is 2.12. The van der Waals surface area contributed by atoms with Gasteiger partial charge in [-0.15, -0.1) is 0 Å². The van der Waals surface area contributed by atoms with Crippen molar-refractivity contribution in [2.45, 2.75) is 25.0 Å². The number of aliphatic hydroxyl groups is 1. The van der Waals surface area contributed by atoms with Crippen molar-refractivity contribution < 1.29 is 5.11 Å². The Morgan fingerprint density at radius 2 is 2.50 bits per heavy atom. The first-order chi connectivity index (χ1) is 5.81. The van der Waals surface area contributed by atoms with E-state index in [1.165, 1.54) is 12.8 Å². The Morgan fingerprint density at radius 3 is 3.08 bits per heavy atom. The fraction of sp³-hybridized carbons (Fsp3) is 0.625. The van der Waals surface area contributed by atoms with Crippen LogP contribution in [0, 0.1) is 0 Å². The molecule has 4 heteroatoms. The van der Waals surface area contributed by atoms with E-state index in [-0.39, 0.29) is 6.54 Å². The van der Waals surface area contributed by atoms with Crippen molar-refractivity contribution in [2.24, 2.45) is 5.73 Å². The molecule has 1 heterocycles. The molecule has 0 saturated heterocycles. The van der Waals surface area contributed by atoms with Gasteiger partial charge in [0.1, 0.15) is 0 Å². The van der Waals surface area contributed by atoms with Gasteiger partial charge in [-0.05, 0) is 12.8 Å². The molecule has 1 atom stereocenters. The molecule has 4 nitrogen and oxygen atoms in total. The minimum Gasteiger partial charge on any atom is -0.387 e. The van der Waals surface area contributed by atoms with Crippen LogP contribution in [0.25, 0.3) is 0 Å². The predicted octanol–water partition coefficient (Wildman–Crippen LogP) is 0.210. The first-order valence-electron chi connectivity index (χ1n) is 4.23. The summed E-state index contributed by atoms with van der Waals surface area (Å²) in [6, 6.07) is 0.573. The van der Waals surface area contributed by atoms with Gasteiger partial charge in [0.2, 0.25) is 0 Å². The first-order valence-corrected chi connectivity index (χ1v) is 4.23. The van der Waals surface area contributed by atoms with Gasteiger partial charge >= 0.3 is 0 Å². The number of rotatable bonds is 3. The second kappa shape index (κ2) is 2.88. The number of nitrogens with two attached hydrogens (primary N) is 1. The Labute approximate surface area is 71.0 Å². The van der Waals surface area contributed by atoms with E-state index in [9.17, 15) is 5.11 Å². The van der Waals surface area contributed by atoms with Gasteiger partial charge in [0.05, 0.1) is 18.3 Å². The molecule has 1 aromatic heterocycles. The molecule has 0 amide bonds. The summed E-state index contributed by atoms with van der Waals surface area (Å²) < 4.78 is 1.91. The lowest BCUT2D eigenvalue weighted by atomic mass is 10.2. The molecule has 66 valence electrons. The van der Waals surface area contributed by atoms with Crippen LogP contribution in [-0.2, 0) is 0 Å². The van der Waals surface area contributed by atoms with E-state index in [0.29, 0.717) is 6.04 Å². The highest BCUT2D eigenvalue weighted by Crippen LogP contribution is 2.34. The van der Waals surface area contributed by atoms with E-state index >= 15 is 0 Å². The minimum absolute atomic E-state index is 0.260. The summed E-state index contributed by atoms with van der Waals surface area (Å²) in [6.07, 6.45) is 5.43. The van der Waals surface area contributed by atoms with Crippen LogP contribution in [0.15, 0.2) is 12.4 Å². The summed E-state index contributed by atoms with van der Waals surface area (Å²) in [5.74, 6) is 0. The van der Waals surface area contributed by atoms with E-state index < -0.39 is 6.10 Å². The van der Waals surface area contributed by atoms with E-state index in [2.05, 4.69) is 5.10 Å². The smallest absolute Gasteiger partial charge is 0.0942 e. The molecule has 1 unspecified atom stereocenters. The van der Waals surface area contributed by atoms with Gasteiger partial charge in [-0.1, -0.05) is 0 Å². The van der Waals surface area contributed by atoms with Gasteiger partial charge in [-0.2, -0.15) is 5.10 Å². The zero-order chi connectivity index (χ0) is 8.55. The molecule has 3 N–H and O–H groups in total. The largest absolute Gasteiger partial charge is 0.387 e. The van der Waals surface area contributed by atoms with Crippen LogP contribution in [0.1, 0.15) is 30.6 Å². The van der Waals surface area contributed by atoms with Crippen molar-refractivity contribution in [3.05, 3.63) is 18.0 Å². The van der Waals surface area contributed by atoms with E-state index in [1.54, 1.807) is 6.20 Å². The summed E-state index contributed by atoms with van der Waals surface area (Å²) in [6.45, 7) is 0.260. The number of hydrogen-bond acceptors (Lipinski definition) is 3. The molecule has 0 spiro atoms. The van der Waals surface area contributed by atoms with Crippen molar-refractivity contribution in [3.63, 3.8) is 0 Å². The van der Waals surface area contributed by atoms with Crippen molar-refractivity contribution in [1.29, 1.82) is 0 Å². The second-order valence-corrected chi connectivity index (χ2v) is 3.24. The Hall–Kier alpha value is -0.870. The molecule has 0 bridgehead atoms. The van der Waals surface area contributed by atoms with Crippen LogP contribution in [0.4, 0.5) is 0 Å². The topological polar surface area (TPSA) is 64.1 Å². The summed E-state index contributed by atoms with van der Waals surface area (Å²) in [7, 11) is 0. The SMILES string of the molecule is NCC(O)c1cnn(C2CC2)c1. The molecule has 2 rings (SSSR count). The number of hydrogen-bond donors (Lipinski definition) is 2. The predicted molar refractivity (Wildman–Crippen MR) is 44.5 cm³/mol. The van der Waals surface area contributed by atoms with Gasteiger partial charge in [0, 0.05) is 18.3 Å². The van der Waals surface area contributed by atoms with Gasteiger partial charge < -0.3 is 10.8 Å². The third-order valence-corrected chi connectivity index (χ3v) is 2.15. The van der Waals surface area contributed by atoms with Crippen LogP contribution in [0.2, 0.25) is 0 Å². The molecule has 1 aliphatic carbocycles. The minimum atomic E-state index is -0.558. The molecule has 0 radical (unpaired) electrons. The quantitative estimate of drug-likeness (QED) is 0.676. The summed E-state index contributed by atoms with van der Waals surface area (Å²) in [5, 5.41) is 13.5. The molecule has 1 aromatic rings. The fourth-order valence-corrected chi connectivity index (χ4v) is 1.20. The molecule has 1 saturated carbocycles. The fourth-order valence-electron chi connectivity index (χ4n) is 1.20. The molecule has 12 heavy (non-hydrogen) atoms. The maximum atomic E-state index is 9.37. The van der Waals surface area contributed by atoms with Crippen molar-refractivity contribution in [3.8, 4) is 0 Å². The monoisotopic (exact) mass is 167 g/mol. The highest BCUT2D eigenvalue weighted by Gasteiger charge is 2.24. The normalized spacial score (nSPS) is 19.5. The highest BCUT2D eigenvalue weighted by atomic mass is 16.3. The van der Waals surface area contributed by atoms with Crippen molar-refractivity contribution >= 4 is 0 Å². The summed E-state index contributed by atoms with van der Waals surface area (Å²) in [4.78, 5) is 0. The average Bonchev–Trinajstić information content (AvgIpc) is 2.83. The third-order valence-electron chi connectivity index (χ3n) is 2.15. The Kier molecular flexibility index (Phi) is 1.86. The van der Waals surface area contributed by atoms with Crippen LogP contribution in [0.5, 0.6) is 0 Å². The summed E-state index contributed by atoms with van der Waals surface area (Å²) in [5.41, 5.74) is 6.14. The number of nitrogens with zero attached hydrogens (tertiary/aromatic N) is 2. The van der Waals surface area contributed by atoms with Crippen LogP contribution >= 0.6 is 0 Å². The number of aliphatic hydroxyl groups excluding tert-OH is 1. The zero-order valence-electron chi connectivity index (χ0n) is 6.85. The maximum absolute atomic E-state index is 9.37. The summed E-state index contributed by atoms with van der Waals surface area (Å²) >= 11 is 0. The molecule has 1 aliphatic rings.